The van der Waals surface area contributed by atoms with Gasteiger partial charge in [-0.05, 0) is 46.5 Å². The van der Waals surface area contributed by atoms with Crippen LogP contribution in [0.3, 0.4) is 0 Å². The molecule has 1 fully saturated rings. The topological polar surface area (TPSA) is 92.4 Å². The van der Waals surface area contributed by atoms with E-state index in [2.05, 4.69) is 25.6 Å². The molecule has 0 N–H and O–H groups in total. The van der Waals surface area contributed by atoms with E-state index in [1.807, 2.05) is 0 Å². The van der Waals surface area contributed by atoms with Crippen molar-refractivity contribution in [3.05, 3.63) is 52.4 Å². The van der Waals surface area contributed by atoms with Gasteiger partial charge >= 0.3 is 0 Å². The first-order chi connectivity index (χ1) is 9.79. The summed E-state index contributed by atoms with van der Waals surface area (Å²) < 4.78 is 14.8. The van der Waals surface area contributed by atoms with Gasteiger partial charge in [-0.15, -0.1) is 5.10 Å². The molecule has 0 amide bonds. The zero-order valence-electron chi connectivity index (χ0n) is 10.5. The maximum absolute atomic E-state index is 13.1. The number of tetrazole rings is 1. The summed E-state index contributed by atoms with van der Waals surface area (Å²) in [4.78, 5) is 2.92. The van der Waals surface area contributed by atoms with Crippen molar-refractivity contribution in [2.24, 2.45) is 5.11 Å². The van der Waals surface area contributed by atoms with E-state index < -0.39 is 0 Å². The van der Waals surface area contributed by atoms with Crippen LogP contribution >= 0.6 is 0 Å². The minimum absolute atomic E-state index is 0.0194. The number of hydrogen-bond acceptors (Lipinski definition) is 4. The zero-order chi connectivity index (χ0) is 13.9. The molecule has 0 aliphatic heterocycles. The fraction of sp³-hybridized carbons (Fsp3) is 0.417. The highest BCUT2D eigenvalue weighted by Gasteiger charge is 2.38. The maximum Gasteiger partial charge on any atom is 0.138 e. The second kappa shape index (κ2) is 5.26. The monoisotopic (exact) mass is 273 g/mol. The lowest BCUT2D eigenvalue weighted by Crippen LogP contribution is -2.19. The molecule has 3 rings (SSSR count). The van der Waals surface area contributed by atoms with Gasteiger partial charge in [0.15, 0.2) is 0 Å². The average molecular weight is 273 g/mol. The second-order valence-corrected chi connectivity index (χ2v) is 4.78. The summed E-state index contributed by atoms with van der Waals surface area (Å²) in [6.07, 6.45) is 3.13. The van der Waals surface area contributed by atoms with Gasteiger partial charge in [0.05, 0.1) is 6.04 Å². The molecule has 0 spiro atoms. The lowest BCUT2D eigenvalue weighted by molar-refractivity contribution is 0.401. The third-order valence-electron chi connectivity index (χ3n) is 3.75. The maximum atomic E-state index is 13.1. The third kappa shape index (κ3) is 2.21. The smallest absolute Gasteiger partial charge is 0.138 e. The molecule has 1 aliphatic carbocycles. The molecule has 7 nitrogen and oxygen atoms in total. The van der Waals surface area contributed by atoms with Crippen molar-refractivity contribution < 1.29 is 4.39 Å². The number of hydrogen-bond donors (Lipinski definition) is 0. The summed E-state index contributed by atoms with van der Waals surface area (Å²) in [7, 11) is 0. The van der Waals surface area contributed by atoms with Crippen molar-refractivity contribution in [3.8, 4) is 0 Å². The summed E-state index contributed by atoms with van der Waals surface area (Å²) in [5.74, 6) is -0.332. The van der Waals surface area contributed by atoms with Gasteiger partial charge in [0.1, 0.15) is 12.1 Å². The zero-order valence-corrected chi connectivity index (χ0v) is 10.5. The van der Waals surface area contributed by atoms with Gasteiger partial charge in [0.25, 0.3) is 0 Å². The van der Waals surface area contributed by atoms with Gasteiger partial charge in [-0.3, -0.25) is 0 Å². The Morgan fingerprint density at radius 1 is 1.30 bits per heavy atom. The molecule has 1 aliphatic rings. The summed E-state index contributed by atoms with van der Waals surface area (Å²) in [5.41, 5.74) is 9.64. The van der Waals surface area contributed by atoms with E-state index >= 15 is 0 Å². The van der Waals surface area contributed by atoms with Gasteiger partial charge in [0, 0.05) is 16.9 Å². The lowest BCUT2D eigenvalue weighted by Gasteiger charge is -2.22. The molecule has 20 heavy (non-hydrogen) atoms. The van der Waals surface area contributed by atoms with Crippen molar-refractivity contribution in [2.75, 3.05) is 0 Å². The van der Waals surface area contributed by atoms with Gasteiger partial charge in [-0.1, -0.05) is 17.2 Å². The van der Waals surface area contributed by atoms with Crippen LogP contribution in [-0.2, 0) is 0 Å². The number of halogens is 1. The predicted octanol–water partition coefficient (Wildman–Crippen LogP) is 2.61. The molecule has 3 atom stereocenters. The van der Waals surface area contributed by atoms with Crippen molar-refractivity contribution >= 4 is 0 Å². The summed E-state index contributed by atoms with van der Waals surface area (Å²) in [5, 5.41) is 15.1. The van der Waals surface area contributed by atoms with Crippen LogP contribution in [0.5, 0.6) is 0 Å². The van der Waals surface area contributed by atoms with Crippen molar-refractivity contribution in [1.82, 2.24) is 20.2 Å². The van der Waals surface area contributed by atoms with Crippen LogP contribution in [0.25, 0.3) is 10.4 Å². The molecule has 2 unspecified atom stereocenters. The summed E-state index contributed by atoms with van der Waals surface area (Å²) >= 11 is 0. The molecule has 8 heteroatoms. The Labute approximate surface area is 114 Å². The molecule has 102 valence electrons. The molecule has 1 saturated carbocycles. The van der Waals surface area contributed by atoms with Crippen LogP contribution in [-0.4, -0.2) is 26.2 Å². The molecule has 0 radical (unpaired) electrons. The average Bonchev–Trinajstić information content (AvgIpc) is 3.09. The SMILES string of the molecule is [N-]=[N+]=NC1CCC(n2cnnn2)[C@@H]1c1ccc(F)cc1. The third-order valence-corrected chi connectivity index (χ3v) is 3.75. The van der Waals surface area contributed by atoms with E-state index in [1.165, 1.54) is 12.1 Å². The molecule has 2 aromatic rings. The quantitative estimate of drug-likeness (QED) is 0.488. The van der Waals surface area contributed by atoms with Crippen LogP contribution in [0, 0.1) is 5.82 Å². The fourth-order valence-electron chi connectivity index (χ4n) is 2.90. The van der Waals surface area contributed by atoms with E-state index in [-0.39, 0.29) is 23.8 Å². The molecular formula is C12H12FN7. The Morgan fingerprint density at radius 2 is 2.10 bits per heavy atom. The van der Waals surface area contributed by atoms with Crippen LogP contribution in [0.2, 0.25) is 0 Å². The van der Waals surface area contributed by atoms with Gasteiger partial charge in [-0.25, -0.2) is 9.07 Å². The van der Waals surface area contributed by atoms with Crippen LogP contribution in [0.1, 0.15) is 30.4 Å². The minimum Gasteiger partial charge on any atom is -0.229 e. The minimum atomic E-state index is -0.286. The number of nitrogens with zero attached hydrogens (tertiary/aromatic N) is 7. The van der Waals surface area contributed by atoms with Crippen molar-refractivity contribution in [1.29, 1.82) is 0 Å². The molecule has 1 heterocycles. The second-order valence-electron chi connectivity index (χ2n) is 4.78. The van der Waals surface area contributed by atoms with E-state index in [0.717, 1.165) is 18.4 Å². The Bertz CT molecular complexity index is 618. The van der Waals surface area contributed by atoms with Crippen molar-refractivity contribution in [2.45, 2.75) is 30.8 Å². The Morgan fingerprint density at radius 3 is 2.75 bits per heavy atom. The molecule has 1 aromatic heterocycles. The first-order valence-corrected chi connectivity index (χ1v) is 6.31. The highest BCUT2D eigenvalue weighted by molar-refractivity contribution is 5.25. The Kier molecular flexibility index (Phi) is 3.30. The highest BCUT2D eigenvalue weighted by Crippen LogP contribution is 2.44. The first-order valence-electron chi connectivity index (χ1n) is 6.31. The predicted molar refractivity (Wildman–Crippen MR) is 68.2 cm³/mol. The van der Waals surface area contributed by atoms with Gasteiger partial charge in [0.2, 0.25) is 0 Å². The fourth-order valence-corrected chi connectivity index (χ4v) is 2.90. The van der Waals surface area contributed by atoms with Crippen LogP contribution in [0.15, 0.2) is 35.7 Å². The Balaban J connectivity index is 1.99. The number of rotatable bonds is 3. The van der Waals surface area contributed by atoms with Gasteiger partial charge in [-0.2, -0.15) is 0 Å². The number of benzene rings is 1. The lowest BCUT2D eigenvalue weighted by atomic mass is 9.91. The molecule has 0 saturated heterocycles. The highest BCUT2D eigenvalue weighted by atomic mass is 19.1. The van der Waals surface area contributed by atoms with E-state index in [1.54, 1.807) is 23.1 Å². The standard InChI is InChI=1S/C12H12FN7/c13-9-3-1-8(2-4-9)12-10(16-17-14)5-6-11(12)20-7-15-18-19-20/h1-4,7,10-12H,5-6H2/t10?,11?,12-/m1/s1. The van der Waals surface area contributed by atoms with E-state index in [4.69, 9.17) is 5.53 Å². The summed E-state index contributed by atoms with van der Waals surface area (Å²) in [6, 6.07) is 6.13. The van der Waals surface area contributed by atoms with Crippen LogP contribution in [0.4, 0.5) is 4.39 Å². The van der Waals surface area contributed by atoms with Crippen LogP contribution < -0.4 is 0 Å². The largest absolute Gasteiger partial charge is 0.229 e. The Hall–Kier alpha value is -2.47. The van der Waals surface area contributed by atoms with E-state index in [0.29, 0.717) is 0 Å². The van der Waals surface area contributed by atoms with E-state index in [9.17, 15) is 4.39 Å². The van der Waals surface area contributed by atoms with Crippen molar-refractivity contribution in [3.63, 3.8) is 0 Å². The summed E-state index contributed by atoms with van der Waals surface area (Å²) in [6.45, 7) is 0. The first kappa shape index (κ1) is 12.6. The normalized spacial score (nSPS) is 25.4. The number of aromatic nitrogens is 4. The molecule has 0 bridgehead atoms. The van der Waals surface area contributed by atoms with Gasteiger partial charge < -0.3 is 0 Å². The number of azide groups is 1. The molecule has 1 aromatic carbocycles. The molecular weight excluding hydrogens is 261 g/mol.